The Kier molecular flexibility index (Phi) is 4.48. The van der Waals surface area contributed by atoms with Gasteiger partial charge in [-0.25, -0.2) is 9.97 Å². The Labute approximate surface area is 136 Å². The van der Waals surface area contributed by atoms with Crippen molar-refractivity contribution in [2.75, 3.05) is 10.6 Å². The summed E-state index contributed by atoms with van der Waals surface area (Å²) in [5.41, 5.74) is 2.10. The zero-order valence-corrected chi connectivity index (χ0v) is 13.7. The zero-order valence-electron chi connectivity index (χ0n) is 13.0. The van der Waals surface area contributed by atoms with Crippen molar-refractivity contribution in [3.63, 3.8) is 0 Å². The molecule has 0 aliphatic heterocycles. The fourth-order valence-corrected chi connectivity index (χ4v) is 3.02. The minimum atomic E-state index is 0.537. The molecule has 1 aliphatic carbocycles. The van der Waals surface area contributed by atoms with Crippen molar-refractivity contribution in [3.8, 4) is 0 Å². The fourth-order valence-electron chi connectivity index (χ4n) is 2.85. The number of rotatable bonds is 4. The highest BCUT2D eigenvalue weighted by Crippen LogP contribution is 2.26. The number of aromatic nitrogens is 2. The maximum Gasteiger partial charge on any atom is 0.136 e. The molecule has 1 heterocycles. The van der Waals surface area contributed by atoms with Crippen molar-refractivity contribution in [1.82, 2.24) is 9.97 Å². The monoisotopic (exact) mass is 316 g/mol. The standard InChI is InChI=1S/C17H21ClN4/c1-11-7-8-13(18)9-15(11)22-17-10-16(19-12(2)20-17)21-14-5-3-4-6-14/h7-10,14H,3-6H2,1-2H3,(H2,19,20,21,22). The minimum Gasteiger partial charge on any atom is -0.367 e. The number of nitrogens with one attached hydrogen (secondary N) is 2. The molecule has 0 bridgehead atoms. The van der Waals surface area contributed by atoms with E-state index >= 15 is 0 Å². The normalized spacial score (nSPS) is 15.0. The van der Waals surface area contributed by atoms with Gasteiger partial charge >= 0.3 is 0 Å². The summed E-state index contributed by atoms with van der Waals surface area (Å²) in [5, 5.41) is 7.57. The molecule has 0 saturated heterocycles. The molecule has 0 spiro atoms. The van der Waals surface area contributed by atoms with Gasteiger partial charge in [-0.2, -0.15) is 0 Å². The third-order valence-electron chi connectivity index (χ3n) is 4.01. The average Bonchev–Trinajstić information content (AvgIpc) is 2.95. The summed E-state index contributed by atoms with van der Waals surface area (Å²) in [6, 6.07) is 8.30. The maximum absolute atomic E-state index is 6.07. The van der Waals surface area contributed by atoms with Crippen LogP contribution in [0.15, 0.2) is 24.3 Å². The van der Waals surface area contributed by atoms with Crippen molar-refractivity contribution in [1.29, 1.82) is 0 Å². The van der Waals surface area contributed by atoms with Crippen molar-refractivity contribution < 1.29 is 0 Å². The summed E-state index contributed by atoms with van der Waals surface area (Å²) >= 11 is 6.07. The first kappa shape index (κ1) is 15.1. The van der Waals surface area contributed by atoms with E-state index in [4.69, 9.17) is 11.6 Å². The van der Waals surface area contributed by atoms with Crippen LogP contribution in [-0.4, -0.2) is 16.0 Å². The van der Waals surface area contributed by atoms with Crippen LogP contribution >= 0.6 is 11.6 Å². The fraction of sp³-hybridized carbons (Fsp3) is 0.412. The molecule has 1 fully saturated rings. The quantitative estimate of drug-likeness (QED) is 0.847. The second kappa shape index (κ2) is 6.53. The molecular formula is C17H21ClN4. The van der Waals surface area contributed by atoms with Gasteiger partial charge in [0.2, 0.25) is 0 Å². The predicted octanol–water partition coefficient (Wildman–Crippen LogP) is 4.84. The van der Waals surface area contributed by atoms with Crippen LogP contribution in [0.3, 0.4) is 0 Å². The van der Waals surface area contributed by atoms with Gasteiger partial charge in [0.1, 0.15) is 17.5 Å². The van der Waals surface area contributed by atoms with Crippen molar-refractivity contribution >= 4 is 28.9 Å². The lowest BCUT2D eigenvalue weighted by molar-refractivity contribution is 0.748. The molecule has 0 atom stereocenters. The molecule has 0 amide bonds. The topological polar surface area (TPSA) is 49.8 Å². The number of anilines is 3. The Bertz CT molecular complexity index is 666. The van der Waals surface area contributed by atoms with E-state index < -0.39 is 0 Å². The second-order valence-corrected chi connectivity index (χ2v) is 6.33. The predicted molar refractivity (Wildman–Crippen MR) is 92.1 cm³/mol. The molecule has 1 aromatic heterocycles. The van der Waals surface area contributed by atoms with Gasteiger partial charge in [-0.3, -0.25) is 0 Å². The van der Waals surface area contributed by atoms with Gasteiger partial charge < -0.3 is 10.6 Å². The number of hydrogen-bond donors (Lipinski definition) is 2. The van der Waals surface area contributed by atoms with Crippen LogP contribution in [0.4, 0.5) is 17.3 Å². The van der Waals surface area contributed by atoms with Crippen LogP contribution in [0, 0.1) is 13.8 Å². The number of benzene rings is 1. The van der Waals surface area contributed by atoms with Gasteiger partial charge in [-0.05, 0) is 44.4 Å². The van der Waals surface area contributed by atoms with Crippen molar-refractivity contribution in [2.45, 2.75) is 45.6 Å². The van der Waals surface area contributed by atoms with Gasteiger partial charge in [0.15, 0.2) is 0 Å². The highest BCUT2D eigenvalue weighted by molar-refractivity contribution is 6.30. The molecule has 4 nitrogen and oxygen atoms in total. The van der Waals surface area contributed by atoms with Crippen LogP contribution in [0.2, 0.25) is 5.02 Å². The number of nitrogens with zero attached hydrogens (tertiary/aromatic N) is 2. The molecule has 5 heteroatoms. The van der Waals surface area contributed by atoms with Crippen LogP contribution in [0.5, 0.6) is 0 Å². The van der Waals surface area contributed by atoms with E-state index in [0.717, 1.165) is 28.7 Å². The lowest BCUT2D eigenvalue weighted by atomic mass is 10.2. The Morgan fingerprint density at radius 3 is 2.55 bits per heavy atom. The first-order valence-electron chi connectivity index (χ1n) is 7.75. The molecule has 116 valence electrons. The Morgan fingerprint density at radius 1 is 1.05 bits per heavy atom. The van der Waals surface area contributed by atoms with Crippen molar-refractivity contribution in [2.24, 2.45) is 0 Å². The Morgan fingerprint density at radius 2 is 1.77 bits per heavy atom. The smallest absolute Gasteiger partial charge is 0.136 e. The largest absolute Gasteiger partial charge is 0.367 e. The van der Waals surface area contributed by atoms with E-state index in [2.05, 4.69) is 20.6 Å². The molecule has 1 saturated carbocycles. The number of aryl methyl sites for hydroxylation is 2. The molecule has 1 aliphatic rings. The van der Waals surface area contributed by atoms with Crippen LogP contribution in [-0.2, 0) is 0 Å². The highest BCUT2D eigenvalue weighted by atomic mass is 35.5. The Balaban J connectivity index is 1.81. The van der Waals surface area contributed by atoms with E-state index in [9.17, 15) is 0 Å². The van der Waals surface area contributed by atoms with Gasteiger partial charge in [0.25, 0.3) is 0 Å². The summed E-state index contributed by atoms with van der Waals surface area (Å²) in [7, 11) is 0. The molecule has 22 heavy (non-hydrogen) atoms. The third-order valence-corrected chi connectivity index (χ3v) is 4.24. The van der Waals surface area contributed by atoms with E-state index in [1.165, 1.54) is 25.7 Å². The molecule has 2 aromatic rings. The first-order valence-corrected chi connectivity index (χ1v) is 8.13. The van der Waals surface area contributed by atoms with Crippen LogP contribution in [0.1, 0.15) is 37.1 Å². The summed E-state index contributed by atoms with van der Waals surface area (Å²) in [6.45, 7) is 3.96. The SMILES string of the molecule is Cc1nc(Nc2cc(Cl)ccc2C)cc(NC2CCCC2)n1. The maximum atomic E-state index is 6.07. The molecule has 3 rings (SSSR count). The highest BCUT2D eigenvalue weighted by Gasteiger charge is 2.15. The lowest BCUT2D eigenvalue weighted by Crippen LogP contribution is -2.16. The van der Waals surface area contributed by atoms with Crippen LogP contribution in [0.25, 0.3) is 0 Å². The van der Waals surface area contributed by atoms with Gasteiger partial charge in [0.05, 0.1) is 0 Å². The van der Waals surface area contributed by atoms with Gasteiger partial charge in [0, 0.05) is 22.8 Å². The summed E-state index contributed by atoms with van der Waals surface area (Å²) in [4.78, 5) is 8.96. The average molecular weight is 317 g/mol. The first-order chi connectivity index (χ1) is 10.6. The van der Waals surface area contributed by atoms with E-state index in [-0.39, 0.29) is 0 Å². The van der Waals surface area contributed by atoms with Crippen LogP contribution < -0.4 is 10.6 Å². The molecule has 0 unspecified atom stereocenters. The number of halogens is 1. The summed E-state index contributed by atoms with van der Waals surface area (Å²) in [5.74, 6) is 2.44. The lowest BCUT2D eigenvalue weighted by Gasteiger charge is -2.15. The van der Waals surface area contributed by atoms with Crippen molar-refractivity contribution in [3.05, 3.63) is 40.7 Å². The Hall–Kier alpha value is -1.81. The molecule has 2 N–H and O–H groups in total. The van der Waals surface area contributed by atoms with Gasteiger partial charge in [-0.15, -0.1) is 0 Å². The zero-order chi connectivity index (χ0) is 15.5. The minimum absolute atomic E-state index is 0.537. The molecular weight excluding hydrogens is 296 g/mol. The van der Waals surface area contributed by atoms with E-state index in [0.29, 0.717) is 11.1 Å². The second-order valence-electron chi connectivity index (χ2n) is 5.90. The molecule has 0 radical (unpaired) electrons. The number of hydrogen-bond acceptors (Lipinski definition) is 4. The summed E-state index contributed by atoms with van der Waals surface area (Å²) in [6.07, 6.45) is 5.04. The van der Waals surface area contributed by atoms with Gasteiger partial charge in [-0.1, -0.05) is 30.5 Å². The van der Waals surface area contributed by atoms with E-state index in [1.54, 1.807) is 0 Å². The third kappa shape index (κ3) is 3.69. The molecule has 1 aromatic carbocycles. The summed E-state index contributed by atoms with van der Waals surface area (Å²) < 4.78 is 0. The van der Waals surface area contributed by atoms with E-state index in [1.807, 2.05) is 38.1 Å².